The molecule has 10 heteroatoms. The summed E-state index contributed by atoms with van der Waals surface area (Å²) in [5.74, 6) is -0.776. The van der Waals surface area contributed by atoms with Crippen molar-refractivity contribution in [1.82, 2.24) is 4.90 Å². The Morgan fingerprint density at radius 2 is 1.78 bits per heavy atom. The molecular weight excluding hydrogens is 530 g/mol. The van der Waals surface area contributed by atoms with E-state index in [0.29, 0.717) is 31.8 Å². The molecule has 0 radical (unpaired) electrons. The number of ketones is 1. The number of hydrogen-bond donors (Lipinski definition) is 1. The maximum atomic E-state index is 13.4. The van der Waals surface area contributed by atoms with Crippen LogP contribution in [0, 0.1) is 0 Å². The fourth-order valence-corrected chi connectivity index (χ4v) is 4.53. The van der Waals surface area contributed by atoms with Crippen molar-refractivity contribution in [1.29, 1.82) is 0 Å². The summed E-state index contributed by atoms with van der Waals surface area (Å²) in [7, 11) is 1.29. The highest BCUT2D eigenvalue weighted by Crippen LogP contribution is 2.24. The van der Waals surface area contributed by atoms with Crippen molar-refractivity contribution in [2.45, 2.75) is 43.8 Å². The van der Waals surface area contributed by atoms with Crippen LogP contribution in [0.25, 0.3) is 0 Å². The minimum absolute atomic E-state index is 0.0505. The Balaban J connectivity index is 1.29. The Bertz CT molecular complexity index is 1210. The van der Waals surface area contributed by atoms with Gasteiger partial charge in [0, 0.05) is 7.11 Å². The summed E-state index contributed by atoms with van der Waals surface area (Å²) < 4.78 is 27.7. The summed E-state index contributed by atoms with van der Waals surface area (Å²) in [6.45, 7) is 0.773. The van der Waals surface area contributed by atoms with E-state index in [1.54, 1.807) is 6.08 Å². The second-order valence-corrected chi connectivity index (χ2v) is 9.63. The lowest BCUT2D eigenvalue weighted by molar-refractivity contribution is -0.153. The molecule has 0 aliphatic carbocycles. The molecule has 1 N–H and O–H groups in total. The van der Waals surface area contributed by atoms with Crippen LogP contribution in [0.1, 0.15) is 17.5 Å². The Morgan fingerprint density at radius 1 is 1.07 bits per heavy atom. The van der Waals surface area contributed by atoms with Crippen molar-refractivity contribution in [3.63, 3.8) is 0 Å². The van der Waals surface area contributed by atoms with Gasteiger partial charge in [-0.25, -0.2) is 9.69 Å². The highest BCUT2D eigenvalue weighted by molar-refractivity contribution is 6.03. The van der Waals surface area contributed by atoms with Crippen molar-refractivity contribution in [3.05, 3.63) is 95.8 Å². The monoisotopic (exact) mass is 565 g/mol. The van der Waals surface area contributed by atoms with E-state index < -0.39 is 42.1 Å². The zero-order valence-corrected chi connectivity index (χ0v) is 22.9. The molecule has 0 saturated carbocycles. The van der Waals surface area contributed by atoms with E-state index in [-0.39, 0.29) is 19.8 Å². The summed E-state index contributed by atoms with van der Waals surface area (Å²) >= 11 is 0. The number of nitrogens with zero attached hydrogens (tertiary/aromatic N) is 1. The average molecular weight is 566 g/mol. The third-order valence-corrected chi connectivity index (χ3v) is 6.68. The summed E-state index contributed by atoms with van der Waals surface area (Å²) in [5.41, 5.74) is 1.94. The SMILES string of the molecule is CO[C@@H](C(=O)N1C(=O)OC[C@H]1Cc1ccccc1)[C@@H]1OC(=CCCOC[C@@H](CO)OCc2ccccc2)C=CC1=O. The standard InChI is InChI=1S/C31H35NO9/c1-37-29(30(35)32-24(20-40-31(32)36)17-22-9-4-2-5-10-22)28-27(34)15-14-25(41-28)13-8-16-38-21-26(18-33)39-19-23-11-6-3-7-12-23/h2-7,9-15,24,26,28-29,33H,8,16-21H2,1H3/t24-,26-,28-,29-/m1/s1. The van der Waals surface area contributed by atoms with Crippen LogP contribution < -0.4 is 0 Å². The van der Waals surface area contributed by atoms with Crippen LogP contribution in [0.4, 0.5) is 4.79 Å². The number of hydrogen-bond acceptors (Lipinski definition) is 9. The topological polar surface area (TPSA) is 121 Å². The molecule has 2 aromatic rings. The van der Waals surface area contributed by atoms with Crippen molar-refractivity contribution < 1.29 is 43.2 Å². The molecule has 4 rings (SSSR count). The lowest BCUT2D eigenvalue weighted by Crippen LogP contribution is -2.53. The number of methoxy groups -OCH3 is 1. The lowest BCUT2D eigenvalue weighted by Gasteiger charge is -2.30. The Hall–Kier alpha value is -3.83. The maximum absolute atomic E-state index is 13.4. The highest BCUT2D eigenvalue weighted by atomic mass is 16.6. The second-order valence-electron chi connectivity index (χ2n) is 9.63. The van der Waals surface area contributed by atoms with E-state index in [4.69, 9.17) is 23.7 Å². The number of amides is 2. The minimum Gasteiger partial charge on any atom is -0.479 e. The molecule has 0 unspecified atom stereocenters. The molecule has 41 heavy (non-hydrogen) atoms. The number of rotatable bonds is 14. The van der Waals surface area contributed by atoms with Crippen LogP contribution in [0.5, 0.6) is 0 Å². The van der Waals surface area contributed by atoms with Crippen LogP contribution >= 0.6 is 0 Å². The van der Waals surface area contributed by atoms with Gasteiger partial charge in [-0.15, -0.1) is 0 Å². The number of aliphatic hydroxyl groups is 1. The molecule has 218 valence electrons. The average Bonchev–Trinajstić information content (AvgIpc) is 3.36. The number of allylic oxidation sites excluding steroid dienone is 1. The first-order chi connectivity index (χ1) is 20.0. The third kappa shape index (κ3) is 8.34. The number of carbonyl (C=O) groups is 3. The number of aliphatic hydroxyl groups excluding tert-OH is 1. The third-order valence-electron chi connectivity index (χ3n) is 6.68. The molecule has 2 heterocycles. The van der Waals surface area contributed by atoms with Gasteiger partial charge >= 0.3 is 6.09 Å². The molecule has 2 aliphatic heterocycles. The second kappa shape index (κ2) is 15.2. The van der Waals surface area contributed by atoms with Gasteiger partial charge in [0.05, 0.1) is 32.5 Å². The first-order valence-corrected chi connectivity index (χ1v) is 13.5. The number of benzene rings is 2. The molecule has 2 aliphatic rings. The van der Waals surface area contributed by atoms with Crippen molar-refractivity contribution >= 4 is 17.8 Å². The predicted octanol–water partition coefficient (Wildman–Crippen LogP) is 2.98. The summed E-state index contributed by atoms with van der Waals surface area (Å²) in [4.78, 5) is 39.6. The van der Waals surface area contributed by atoms with Gasteiger partial charge in [0.15, 0.2) is 18.0 Å². The van der Waals surface area contributed by atoms with Crippen LogP contribution in [-0.4, -0.2) is 85.7 Å². The number of cyclic esters (lactones) is 1. The Kier molecular flexibility index (Phi) is 11.2. The number of carbonyl (C=O) groups excluding carboxylic acids is 3. The lowest BCUT2D eigenvalue weighted by atomic mass is 10.0. The van der Waals surface area contributed by atoms with Gasteiger partial charge in [0.2, 0.25) is 0 Å². The van der Waals surface area contributed by atoms with Gasteiger partial charge in [0.25, 0.3) is 5.91 Å². The van der Waals surface area contributed by atoms with Gasteiger partial charge in [-0.3, -0.25) is 9.59 Å². The van der Waals surface area contributed by atoms with Crippen LogP contribution in [0.3, 0.4) is 0 Å². The maximum Gasteiger partial charge on any atom is 0.417 e. The molecule has 1 saturated heterocycles. The molecule has 0 bridgehead atoms. The Labute approximate surface area is 239 Å². The minimum atomic E-state index is -1.34. The summed E-state index contributed by atoms with van der Waals surface area (Å²) in [6.07, 6.45) is 1.57. The molecule has 0 aromatic heterocycles. The number of ether oxygens (including phenoxy) is 5. The largest absolute Gasteiger partial charge is 0.479 e. The first-order valence-electron chi connectivity index (χ1n) is 13.5. The molecule has 10 nitrogen and oxygen atoms in total. The molecule has 1 fully saturated rings. The van der Waals surface area contributed by atoms with E-state index in [1.807, 2.05) is 60.7 Å². The smallest absolute Gasteiger partial charge is 0.417 e. The molecule has 0 spiro atoms. The zero-order chi connectivity index (χ0) is 29.0. The van der Waals surface area contributed by atoms with E-state index in [9.17, 15) is 19.5 Å². The summed E-state index contributed by atoms with van der Waals surface area (Å²) in [5, 5.41) is 9.57. The van der Waals surface area contributed by atoms with Gasteiger partial charge in [-0.05, 0) is 42.2 Å². The normalized spacial score (nSPS) is 21.0. The van der Waals surface area contributed by atoms with Gasteiger partial charge in [-0.2, -0.15) is 0 Å². The molecule has 2 aromatic carbocycles. The van der Waals surface area contributed by atoms with Crippen LogP contribution in [0.15, 0.2) is 84.7 Å². The van der Waals surface area contributed by atoms with Crippen LogP contribution in [0.2, 0.25) is 0 Å². The highest BCUT2D eigenvalue weighted by Gasteiger charge is 2.46. The molecule has 2 amide bonds. The van der Waals surface area contributed by atoms with Gasteiger partial charge < -0.3 is 28.8 Å². The first kappa shape index (κ1) is 30.1. The van der Waals surface area contributed by atoms with Gasteiger partial charge in [-0.1, -0.05) is 60.7 Å². The predicted molar refractivity (Wildman–Crippen MR) is 148 cm³/mol. The molecular formula is C31H35NO9. The van der Waals surface area contributed by atoms with E-state index >= 15 is 0 Å². The van der Waals surface area contributed by atoms with Crippen LogP contribution in [-0.2, 0) is 46.3 Å². The summed E-state index contributed by atoms with van der Waals surface area (Å²) in [6, 6.07) is 18.6. The van der Waals surface area contributed by atoms with E-state index in [1.165, 1.54) is 19.3 Å². The molecule has 4 atom stereocenters. The van der Waals surface area contributed by atoms with Crippen molar-refractivity contribution in [3.8, 4) is 0 Å². The zero-order valence-electron chi connectivity index (χ0n) is 22.9. The van der Waals surface area contributed by atoms with Crippen molar-refractivity contribution in [2.24, 2.45) is 0 Å². The van der Waals surface area contributed by atoms with E-state index in [0.717, 1.165) is 16.0 Å². The van der Waals surface area contributed by atoms with Crippen molar-refractivity contribution in [2.75, 3.05) is 33.5 Å². The fraction of sp³-hybridized carbons (Fsp3) is 0.387. The van der Waals surface area contributed by atoms with E-state index in [2.05, 4.69) is 0 Å². The fourth-order valence-electron chi connectivity index (χ4n) is 4.53. The van der Waals surface area contributed by atoms with Gasteiger partial charge in [0.1, 0.15) is 18.5 Å². The number of imide groups is 1. The Morgan fingerprint density at radius 3 is 2.46 bits per heavy atom. The quantitative estimate of drug-likeness (QED) is 0.345.